The van der Waals surface area contributed by atoms with Gasteiger partial charge in [0.25, 0.3) is 0 Å². The number of hydrogen-bond acceptors (Lipinski definition) is 7. The molecule has 1 aromatic rings. The smallest absolute Gasteiger partial charge is 0.356 e. The van der Waals surface area contributed by atoms with Crippen molar-refractivity contribution < 1.29 is 28.7 Å². The lowest BCUT2D eigenvalue weighted by atomic mass is 9.90. The number of hydroxylamine groups is 1. The molecule has 0 unspecified atom stereocenters. The third-order valence-corrected chi connectivity index (χ3v) is 5.71. The number of nitrogens with one attached hydrogen (secondary N) is 1. The van der Waals surface area contributed by atoms with E-state index >= 15 is 0 Å². The van der Waals surface area contributed by atoms with Gasteiger partial charge in [-0.25, -0.2) is 4.79 Å². The van der Waals surface area contributed by atoms with E-state index in [0.29, 0.717) is 5.56 Å². The quantitative estimate of drug-likeness (QED) is 0.358. The number of amides is 1. The fourth-order valence-corrected chi connectivity index (χ4v) is 3.72. The summed E-state index contributed by atoms with van der Waals surface area (Å²) in [4.78, 5) is 45.3. The van der Waals surface area contributed by atoms with E-state index in [9.17, 15) is 14.4 Å². The van der Waals surface area contributed by atoms with Crippen molar-refractivity contribution in [3.8, 4) is 0 Å². The van der Waals surface area contributed by atoms with Crippen LogP contribution in [0.1, 0.15) is 71.7 Å². The van der Waals surface area contributed by atoms with Crippen LogP contribution in [0.15, 0.2) is 30.3 Å². The molecule has 1 amide bonds. The van der Waals surface area contributed by atoms with Crippen molar-refractivity contribution in [3.05, 3.63) is 35.9 Å². The molecule has 0 aromatic heterocycles. The maximum absolute atomic E-state index is 13.5. The molecule has 1 rings (SSSR count). The number of nitrogens with zero attached hydrogens (tertiary/aromatic N) is 1. The molecule has 34 heavy (non-hydrogen) atoms. The van der Waals surface area contributed by atoms with Crippen molar-refractivity contribution in [2.45, 2.75) is 85.1 Å². The number of ether oxygens (including phenoxy) is 2. The molecule has 0 saturated carbocycles. The number of likely N-dealkylation sites (N-methyl/N-ethyl adjacent to an activating group) is 1. The van der Waals surface area contributed by atoms with Gasteiger partial charge in [0.2, 0.25) is 5.91 Å². The fraction of sp³-hybridized carbons (Fsp3) is 0.654. The molecule has 192 valence electrons. The summed E-state index contributed by atoms with van der Waals surface area (Å²) in [6.45, 7) is 13.2. The maximum Gasteiger partial charge on any atom is 0.356 e. The molecule has 0 radical (unpaired) electrons. The van der Waals surface area contributed by atoms with Gasteiger partial charge < -0.3 is 19.2 Å². The van der Waals surface area contributed by atoms with Crippen molar-refractivity contribution in [2.75, 3.05) is 14.2 Å². The summed E-state index contributed by atoms with van der Waals surface area (Å²) in [5.41, 5.74) is 2.43. The van der Waals surface area contributed by atoms with Crippen LogP contribution in [-0.2, 0) is 23.9 Å². The van der Waals surface area contributed by atoms with E-state index in [1.54, 1.807) is 42.3 Å². The first-order chi connectivity index (χ1) is 15.8. The zero-order chi connectivity index (χ0) is 26.1. The fourth-order valence-electron chi connectivity index (χ4n) is 3.72. The first kappa shape index (κ1) is 29.6. The minimum Gasteiger partial charge on any atom is -0.460 e. The molecular formula is C26H42N2O6. The van der Waals surface area contributed by atoms with Gasteiger partial charge in [-0.15, -0.1) is 5.48 Å². The summed E-state index contributed by atoms with van der Waals surface area (Å²) in [5.74, 6) is -1.33. The molecule has 1 aromatic carbocycles. The largest absolute Gasteiger partial charge is 0.460 e. The lowest BCUT2D eigenvalue weighted by Gasteiger charge is -2.39. The molecule has 4 atom stereocenters. The molecule has 1 N–H and O–H groups in total. The van der Waals surface area contributed by atoms with E-state index in [4.69, 9.17) is 14.3 Å². The van der Waals surface area contributed by atoms with Gasteiger partial charge in [0.05, 0.1) is 24.1 Å². The number of hydrogen-bond donors (Lipinski definition) is 1. The van der Waals surface area contributed by atoms with E-state index in [-0.39, 0.29) is 36.2 Å². The maximum atomic E-state index is 13.5. The second-order valence-corrected chi connectivity index (χ2v) is 9.99. The summed E-state index contributed by atoms with van der Waals surface area (Å²) in [5, 5.41) is 0. The van der Waals surface area contributed by atoms with Crippen LogP contribution in [0, 0.1) is 11.8 Å². The molecule has 8 heteroatoms. The first-order valence-corrected chi connectivity index (χ1v) is 11.8. The van der Waals surface area contributed by atoms with E-state index in [1.807, 2.05) is 48.5 Å². The molecule has 0 heterocycles. The van der Waals surface area contributed by atoms with Gasteiger partial charge in [-0.2, -0.15) is 0 Å². The van der Waals surface area contributed by atoms with E-state index < -0.39 is 23.7 Å². The molecule has 0 fully saturated rings. The standard InChI is InChI=1S/C26H42N2O6/c1-10-18(4)23(20(32-9)16-21(29)33-26(5,6)7)28(8)24(30)22(17(2)3)27-34-25(31)19-14-12-11-13-15-19/h11-15,17-18,20,22-23,27H,10,16H2,1-9H3/t18-,20+,22-,23-/m0/s1. The lowest BCUT2D eigenvalue weighted by molar-refractivity contribution is -0.161. The Morgan fingerprint density at radius 1 is 1.06 bits per heavy atom. The van der Waals surface area contributed by atoms with E-state index in [1.165, 1.54) is 7.11 Å². The number of methoxy groups -OCH3 is 1. The Balaban J connectivity index is 3.04. The predicted molar refractivity (Wildman–Crippen MR) is 131 cm³/mol. The summed E-state index contributed by atoms with van der Waals surface area (Å²) in [7, 11) is 3.22. The van der Waals surface area contributed by atoms with Crippen LogP contribution in [-0.4, -0.2) is 60.7 Å². The SMILES string of the molecule is CC[C@H](C)[C@@H]([C@@H](CC(=O)OC(C)(C)C)OC)N(C)C(=O)[C@@H](NOC(=O)c1ccccc1)C(C)C. The van der Waals surface area contributed by atoms with Gasteiger partial charge >= 0.3 is 11.9 Å². The Morgan fingerprint density at radius 3 is 2.12 bits per heavy atom. The number of benzene rings is 1. The second kappa shape index (κ2) is 13.4. The van der Waals surface area contributed by atoms with Crippen LogP contribution in [0.2, 0.25) is 0 Å². The van der Waals surface area contributed by atoms with E-state index in [2.05, 4.69) is 5.48 Å². The monoisotopic (exact) mass is 478 g/mol. The van der Waals surface area contributed by atoms with Crippen LogP contribution >= 0.6 is 0 Å². The highest BCUT2D eigenvalue weighted by molar-refractivity contribution is 5.89. The molecule has 0 aliphatic rings. The summed E-state index contributed by atoms with van der Waals surface area (Å²) < 4.78 is 11.2. The summed E-state index contributed by atoms with van der Waals surface area (Å²) in [6, 6.07) is 7.40. The second-order valence-electron chi connectivity index (χ2n) is 9.99. The Bertz CT molecular complexity index is 790. The minimum atomic E-state index is -0.775. The Hall–Kier alpha value is -2.45. The van der Waals surface area contributed by atoms with Crippen LogP contribution < -0.4 is 5.48 Å². The van der Waals surface area contributed by atoms with Gasteiger partial charge in [-0.05, 0) is 44.7 Å². The van der Waals surface area contributed by atoms with Crippen LogP contribution in [0.4, 0.5) is 0 Å². The zero-order valence-corrected chi connectivity index (χ0v) is 22.1. The lowest BCUT2D eigenvalue weighted by Crippen LogP contribution is -2.56. The summed E-state index contributed by atoms with van der Waals surface area (Å²) in [6.07, 6.45) is 0.237. The number of carbonyl (C=O) groups excluding carboxylic acids is 3. The van der Waals surface area contributed by atoms with Gasteiger partial charge in [0, 0.05) is 14.2 Å². The Kier molecular flexibility index (Phi) is 11.7. The molecule has 8 nitrogen and oxygen atoms in total. The molecule has 0 spiro atoms. The Morgan fingerprint density at radius 2 is 1.65 bits per heavy atom. The molecule has 0 aliphatic heterocycles. The van der Waals surface area contributed by atoms with Crippen LogP contribution in [0.3, 0.4) is 0 Å². The average molecular weight is 479 g/mol. The molecule has 0 bridgehead atoms. The van der Waals surface area contributed by atoms with Gasteiger partial charge in [0.15, 0.2) is 0 Å². The molecule has 0 aliphatic carbocycles. The third-order valence-electron chi connectivity index (χ3n) is 5.71. The van der Waals surface area contributed by atoms with Gasteiger partial charge in [-0.1, -0.05) is 52.3 Å². The number of rotatable bonds is 12. The highest BCUT2D eigenvalue weighted by atomic mass is 16.7. The highest BCUT2D eigenvalue weighted by Gasteiger charge is 2.38. The molecule has 0 saturated heterocycles. The zero-order valence-electron chi connectivity index (χ0n) is 22.1. The highest BCUT2D eigenvalue weighted by Crippen LogP contribution is 2.24. The normalized spacial score (nSPS) is 15.2. The predicted octanol–water partition coefficient (Wildman–Crippen LogP) is 3.99. The average Bonchev–Trinajstić information content (AvgIpc) is 2.77. The number of carbonyl (C=O) groups is 3. The molecular weight excluding hydrogens is 436 g/mol. The van der Waals surface area contributed by atoms with Crippen molar-refractivity contribution in [3.63, 3.8) is 0 Å². The minimum absolute atomic E-state index is 0.0170. The van der Waals surface area contributed by atoms with Crippen molar-refractivity contribution in [1.82, 2.24) is 10.4 Å². The van der Waals surface area contributed by atoms with Crippen molar-refractivity contribution in [2.24, 2.45) is 11.8 Å². The van der Waals surface area contributed by atoms with Crippen LogP contribution in [0.25, 0.3) is 0 Å². The number of esters is 1. The van der Waals surface area contributed by atoms with E-state index in [0.717, 1.165) is 6.42 Å². The summed E-state index contributed by atoms with van der Waals surface area (Å²) >= 11 is 0. The van der Waals surface area contributed by atoms with Crippen molar-refractivity contribution in [1.29, 1.82) is 0 Å². The van der Waals surface area contributed by atoms with Crippen LogP contribution in [0.5, 0.6) is 0 Å². The third kappa shape index (κ3) is 9.06. The topological polar surface area (TPSA) is 94.2 Å². The van der Waals surface area contributed by atoms with Gasteiger partial charge in [-0.3, -0.25) is 9.59 Å². The first-order valence-electron chi connectivity index (χ1n) is 11.8. The van der Waals surface area contributed by atoms with Crippen molar-refractivity contribution >= 4 is 17.8 Å². The van der Waals surface area contributed by atoms with Gasteiger partial charge in [0.1, 0.15) is 11.6 Å². The Labute approximate surface area is 204 Å².